The zero-order valence-electron chi connectivity index (χ0n) is 14.7. The Morgan fingerprint density at radius 3 is 2.88 bits per heavy atom. The number of rotatable bonds is 6. The van der Waals surface area contributed by atoms with Crippen molar-refractivity contribution < 1.29 is 14.3 Å². The molecular formula is C18H27N3O3. The van der Waals surface area contributed by atoms with Gasteiger partial charge in [-0.1, -0.05) is 12.1 Å². The highest BCUT2D eigenvalue weighted by molar-refractivity contribution is 5.79. The summed E-state index contributed by atoms with van der Waals surface area (Å²) >= 11 is 0. The highest BCUT2D eigenvalue weighted by atomic mass is 16.5. The number of ether oxygens (including phenoxy) is 1. The highest BCUT2D eigenvalue weighted by Gasteiger charge is 2.24. The maximum Gasteiger partial charge on any atom is 0.259 e. The standard InChI is InChI=1S/C18H27N3O3/c1-13-9-15(7-8-19-13)18(23)20-11-14-5-4-6-16(10-14)24-12-17(22)21(2)3/h4-6,10,13,15,19H,7-9,11-12H2,1-3H3,(H,20,23)/t13-,15-/m0/s1. The minimum atomic E-state index is -0.0891. The fourth-order valence-corrected chi connectivity index (χ4v) is 2.72. The minimum absolute atomic E-state index is 0.00970. The van der Waals surface area contributed by atoms with Crippen LogP contribution in [0, 0.1) is 5.92 Å². The summed E-state index contributed by atoms with van der Waals surface area (Å²) in [6.07, 6.45) is 1.76. The van der Waals surface area contributed by atoms with Crippen LogP contribution in [0.2, 0.25) is 0 Å². The van der Waals surface area contributed by atoms with Crippen LogP contribution in [0.25, 0.3) is 0 Å². The summed E-state index contributed by atoms with van der Waals surface area (Å²) < 4.78 is 5.49. The molecule has 2 amide bonds. The van der Waals surface area contributed by atoms with Crippen LogP contribution >= 0.6 is 0 Å². The third kappa shape index (κ3) is 5.53. The second-order valence-electron chi connectivity index (χ2n) is 6.52. The lowest BCUT2D eigenvalue weighted by Gasteiger charge is -2.27. The molecule has 1 heterocycles. The molecule has 1 aliphatic heterocycles. The van der Waals surface area contributed by atoms with Crippen LogP contribution in [-0.4, -0.2) is 50.0 Å². The van der Waals surface area contributed by atoms with Gasteiger partial charge in [-0.2, -0.15) is 0 Å². The van der Waals surface area contributed by atoms with E-state index in [1.54, 1.807) is 14.1 Å². The van der Waals surface area contributed by atoms with Crippen molar-refractivity contribution in [3.8, 4) is 5.75 Å². The quantitative estimate of drug-likeness (QED) is 0.819. The van der Waals surface area contributed by atoms with Gasteiger partial charge in [0.25, 0.3) is 5.91 Å². The zero-order valence-corrected chi connectivity index (χ0v) is 14.7. The lowest BCUT2D eigenvalue weighted by Crippen LogP contribution is -2.42. The average Bonchev–Trinajstić information content (AvgIpc) is 2.57. The van der Waals surface area contributed by atoms with Gasteiger partial charge in [0.1, 0.15) is 5.75 Å². The van der Waals surface area contributed by atoms with Gasteiger partial charge in [-0.3, -0.25) is 9.59 Å². The summed E-state index contributed by atoms with van der Waals surface area (Å²) in [5.41, 5.74) is 0.958. The van der Waals surface area contributed by atoms with Crippen molar-refractivity contribution in [1.82, 2.24) is 15.5 Å². The first-order valence-corrected chi connectivity index (χ1v) is 8.38. The van der Waals surface area contributed by atoms with E-state index in [1.165, 1.54) is 4.90 Å². The Balaban J connectivity index is 1.83. The molecule has 0 saturated carbocycles. The van der Waals surface area contributed by atoms with Crippen molar-refractivity contribution in [2.24, 2.45) is 5.92 Å². The first-order chi connectivity index (χ1) is 11.5. The van der Waals surface area contributed by atoms with Gasteiger partial charge in [-0.25, -0.2) is 0 Å². The van der Waals surface area contributed by atoms with Crippen LogP contribution in [0.15, 0.2) is 24.3 Å². The number of hydrogen-bond donors (Lipinski definition) is 2. The number of hydrogen-bond acceptors (Lipinski definition) is 4. The monoisotopic (exact) mass is 333 g/mol. The van der Waals surface area contributed by atoms with E-state index < -0.39 is 0 Å². The molecule has 2 atom stereocenters. The van der Waals surface area contributed by atoms with E-state index in [9.17, 15) is 9.59 Å². The molecule has 2 rings (SSSR count). The number of nitrogens with zero attached hydrogens (tertiary/aromatic N) is 1. The normalized spacial score (nSPS) is 20.3. The van der Waals surface area contributed by atoms with Gasteiger partial charge in [0, 0.05) is 32.6 Å². The molecular weight excluding hydrogens is 306 g/mol. The number of carbonyl (C=O) groups excluding carboxylic acids is 2. The SMILES string of the molecule is C[C@H]1C[C@@H](C(=O)NCc2cccc(OCC(=O)N(C)C)c2)CCN1. The molecule has 1 fully saturated rings. The summed E-state index contributed by atoms with van der Waals surface area (Å²) in [6, 6.07) is 7.85. The third-order valence-electron chi connectivity index (χ3n) is 4.22. The molecule has 6 nitrogen and oxygen atoms in total. The summed E-state index contributed by atoms with van der Waals surface area (Å²) in [7, 11) is 3.39. The van der Waals surface area contributed by atoms with E-state index in [4.69, 9.17) is 4.74 Å². The smallest absolute Gasteiger partial charge is 0.259 e. The largest absolute Gasteiger partial charge is 0.484 e. The topological polar surface area (TPSA) is 70.7 Å². The molecule has 0 spiro atoms. The predicted molar refractivity (Wildman–Crippen MR) is 92.7 cm³/mol. The Hall–Kier alpha value is -2.08. The Morgan fingerprint density at radius 2 is 2.17 bits per heavy atom. The lowest BCUT2D eigenvalue weighted by molar-refractivity contribution is -0.130. The molecule has 24 heavy (non-hydrogen) atoms. The predicted octanol–water partition coefficient (Wildman–Crippen LogP) is 1.16. The van der Waals surface area contributed by atoms with E-state index >= 15 is 0 Å². The van der Waals surface area contributed by atoms with Gasteiger partial charge in [0.15, 0.2) is 6.61 Å². The van der Waals surface area contributed by atoms with E-state index in [2.05, 4.69) is 17.6 Å². The molecule has 2 N–H and O–H groups in total. The van der Waals surface area contributed by atoms with E-state index in [0.29, 0.717) is 18.3 Å². The van der Waals surface area contributed by atoms with Gasteiger partial charge < -0.3 is 20.3 Å². The first kappa shape index (κ1) is 18.3. The average molecular weight is 333 g/mol. The van der Waals surface area contributed by atoms with Crippen molar-refractivity contribution in [1.29, 1.82) is 0 Å². The van der Waals surface area contributed by atoms with Crippen LogP contribution in [0.5, 0.6) is 5.75 Å². The number of nitrogens with one attached hydrogen (secondary N) is 2. The van der Waals surface area contributed by atoms with E-state index in [-0.39, 0.29) is 24.3 Å². The molecule has 1 saturated heterocycles. The second-order valence-corrected chi connectivity index (χ2v) is 6.52. The fraction of sp³-hybridized carbons (Fsp3) is 0.556. The molecule has 0 unspecified atom stereocenters. The van der Waals surface area contributed by atoms with Crippen molar-refractivity contribution in [3.63, 3.8) is 0 Å². The Bertz CT molecular complexity index is 574. The lowest BCUT2D eigenvalue weighted by atomic mass is 9.92. The van der Waals surface area contributed by atoms with Gasteiger partial charge in [-0.05, 0) is 44.0 Å². The number of likely N-dealkylation sites (N-methyl/N-ethyl adjacent to an activating group) is 1. The molecule has 132 valence electrons. The van der Waals surface area contributed by atoms with Crippen molar-refractivity contribution >= 4 is 11.8 Å². The minimum Gasteiger partial charge on any atom is -0.484 e. The Morgan fingerprint density at radius 1 is 1.38 bits per heavy atom. The number of piperidine rings is 1. The van der Waals surface area contributed by atoms with Gasteiger partial charge in [0.2, 0.25) is 5.91 Å². The van der Waals surface area contributed by atoms with Crippen molar-refractivity contribution in [2.45, 2.75) is 32.4 Å². The molecule has 1 aromatic rings. The number of amides is 2. The van der Waals surface area contributed by atoms with Crippen LogP contribution in [0.3, 0.4) is 0 Å². The molecule has 1 aliphatic rings. The zero-order chi connectivity index (χ0) is 17.5. The molecule has 0 radical (unpaired) electrons. The van der Waals surface area contributed by atoms with Crippen molar-refractivity contribution in [2.75, 3.05) is 27.2 Å². The Labute approximate surface area is 143 Å². The molecule has 0 aliphatic carbocycles. The van der Waals surface area contributed by atoms with Crippen LogP contribution in [-0.2, 0) is 16.1 Å². The van der Waals surface area contributed by atoms with E-state index in [0.717, 1.165) is 24.9 Å². The maximum atomic E-state index is 12.3. The summed E-state index contributed by atoms with van der Waals surface area (Å²) in [5.74, 6) is 0.733. The van der Waals surface area contributed by atoms with Crippen LogP contribution < -0.4 is 15.4 Å². The number of benzene rings is 1. The first-order valence-electron chi connectivity index (χ1n) is 8.38. The van der Waals surface area contributed by atoms with Gasteiger partial charge in [0.05, 0.1) is 0 Å². The fourth-order valence-electron chi connectivity index (χ4n) is 2.72. The molecule has 1 aromatic carbocycles. The van der Waals surface area contributed by atoms with Crippen LogP contribution in [0.1, 0.15) is 25.3 Å². The maximum absolute atomic E-state index is 12.3. The third-order valence-corrected chi connectivity index (χ3v) is 4.22. The summed E-state index contributed by atoms with van der Waals surface area (Å²) in [4.78, 5) is 25.3. The number of carbonyl (C=O) groups is 2. The highest BCUT2D eigenvalue weighted by Crippen LogP contribution is 2.17. The summed E-state index contributed by atoms with van der Waals surface area (Å²) in [5, 5.41) is 6.35. The van der Waals surface area contributed by atoms with Crippen LogP contribution in [0.4, 0.5) is 0 Å². The molecule has 6 heteroatoms. The van der Waals surface area contributed by atoms with Gasteiger partial charge >= 0.3 is 0 Å². The molecule has 0 aromatic heterocycles. The van der Waals surface area contributed by atoms with E-state index in [1.807, 2.05) is 24.3 Å². The Kier molecular flexibility index (Phi) is 6.61. The second kappa shape index (κ2) is 8.68. The molecule has 0 bridgehead atoms. The van der Waals surface area contributed by atoms with Gasteiger partial charge in [-0.15, -0.1) is 0 Å². The summed E-state index contributed by atoms with van der Waals surface area (Å²) in [6.45, 7) is 3.48. The van der Waals surface area contributed by atoms with Crippen molar-refractivity contribution in [3.05, 3.63) is 29.8 Å².